The molecule has 1 aliphatic carbocycles. The van der Waals surface area contributed by atoms with Crippen LogP contribution in [0.3, 0.4) is 0 Å². The van der Waals surface area contributed by atoms with Crippen LogP contribution in [0.1, 0.15) is 20.8 Å². The number of cyclic esters (lactones) is 1. The molecular formula is C19H21NO6. The molecule has 0 unspecified atom stereocenters. The third-order valence-electron chi connectivity index (χ3n) is 4.33. The van der Waals surface area contributed by atoms with E-state index in [4.69, 9.17) is 14.2 Å². The average Bonchev–Trinajstić information content (AvgIpc) is 2.82. The number of Topliss-reactive ketones (excluding diaryl/α,β-unsaturated/α-hetero) is 1. The molecule has 2 N–H and O–H groups in total. The molecule has 1 aromatic carbocycles. The summed E-state index contributed by atoms with van der Waals surface area (Å²) in [5.41, 5.74) is 1.07. The molecule has 7 heteroatoms. The molecule has 1 aromatic rings. The lowest BCUT2D eigenvalue weighted by Gasteiger charge is -2.33. The summed E-state index contributed by atoms with van der Waals surface area (Å²) < 4.78 is 15.6. The van der Waals surface area contributed by atoms with Gasteiger partial charge < -0.3 is 24.6 Å². The van der Waals surface area contributed by atoms with Crippen LogP contribution >= 0.6 is 0 Å². The van der Waals surface area contributed by atoms with Crippen LogP contribution in [0, 0.1) is 5.92 Å². The van der Waals surface area contributed by atoms with Crippen LogP contribution < -0.4 is 10.1 Å². The van der Waals surface area contributed by atoms with Gasteiger partial charge in [0.1, 0.15) is 11.3 Å². The van der Waals surface area contributed by atoms with Crippen molar-refractivity contribution in [2.75, 3.05) is 12.4 Å². The number of carbonyl (C=O) groups excluding carboxylic acids is 2. The molecule has 0 saturated carbocycles. The number of ether oxygens (including phenoxy) is 3. The number of nitrogens with one attached hydrogen (secondary N) is 1. The highest BCUT2D eigenvalue weighted by atomic mass is 16.8. The first kappa shape index (κ1) is 17.8. The molecule has 0 fully saturated rings. The smallest absolute Gasteiger partial charge is 0.345 e. The van der Waals surface area contributed by atoms with Crippen molar-refractivity contribution >= 4 is 17.4 Å². The van der Waals surface area contributed by atoms with Gasteiger partial charge in [0.05, 0.1) is 19.1 Å². The maximum absolute atomic E-state index is 12.6. The molecule has 2 aliphatic rings. The Labute approximate surface area is 151 Å². The molecule has 138 valence electrons. The van der Waals surface area contributed by atoms with Crippen LogP contribution in [0.5, 0.6) is 5.75 Å². The van der Waals surface area contributed by atoms with E-state index in [-0.39, 0.29) is 11.4 Å². The highest BCUT2D eigenvalue weighted by molar-refractivity contribution is 6.08. The van der Waals surface area contributed by atoms with E-state index in [9.17, 15) is 14.7 Å². The van der Waals surface area contributed by atoms with Gasteiger partial charge in [0.15, 0.2) is 5.78 Å². The van der Waals surface area contributed by atoms with Gasteiger partial charge in [0.25, 0.3) is 11.7 Å². The molecule has 0 spiro atoms. The number of allylic oxidation sites excluding steroid dienone is 1. The number of aliphatic hydroxyl groups excluding tert-OH is 1. The first-order valence-corrected chi connectivity index (χ1v) is 8.20. The second kappa shape index (κ2) is 6.40. The van der Waals surface area contributed by atoms with E-state index >= 15 is 0 Å². The summed E-state index contributed by atoms with van der Waals surface area (Å²) in [6.07, 6.45) is 1.73. The Morgan fingerprint density at radius 1 is 1.15 bits per heavy atom. The predicted octanol–water partition coefficient (Wildman–Crippen LogP) is 2.70. The first-order chi connectivity index (χ1) is 12.2. The minimum Gasteiger partial charge on any atom is -0.497 e. The topological polar surface area (TPSA) is 94.1 Å². The van der Waals surface area contributed by atoms with E-state index in [0.717, 1.165) is 5.69 Å². The lowest BCUT2D eigenvalue weighted by atomic mass is 9.90. The lowest BCUT2D eigenvalue weighted by molar-refractivity contribution is -0.223. The second-order valence-corrected chi connectivity index (χ2v) is 6.70. The maximum Gasteiger partial charge on any atom is 0.345 e. The van der Waals surface area contributed by atoms with E-state index in [1.54, 1.807) is 44.4 Å². The zero-order chi connectivity index (χ0) is 19.1. The van der Waals surface area contributed by atoms with E-state index in [2.05, 4.69) is 5.32 Å². The van der Waals surface area contributed by atoms with Crippen molar-refractivity contribution in [3.8, 4) is 5.75 Å². The highest BCUT2D eigenvalue weighted by Gasteiger charge is 2.47. The first-order valence-electron chi connectivity index (χ1n) is 8.20. The number of anilines is 1. The number of aliphatic hydroxyl groups is 1. The number of rotatable bonds is 4. The predicted molar refractivity (Wildman–Crippen MR) is 93.6 cm³/mol. The monoisotopic (exact) mass is 359 g/mol. The Morgan fingerprint density at radius 3 is 2.38 bits per heavy atom. The zero-order valence-corrected chi connectivity index (χ0v) is 15.0. The van der Waals surface area contributed by atoms with Gasteiger partial charge >= 0.3 is 5.97 Å². The molecule has 0 amide bonds. The van der Waals surface area contributed by atoms with Crippen LogP contribution in [-0.4, -0.2) is 35.8 Å². The van der Waals surface area contributed by atoms with E-state index < -0.39 is 29.7 Å². The average molecular weight is 359 g/mol. The van der Waals surface area contributed by atoms with Crippen molar-refractivity contribution in [2.45, 2.75) is 32.6 Å². The lowest BCUT2D eigenvalue weighted by Crippen LogP contribution is -2.42. The molecule has 0 aromatic heterocycles. The van der Waals surface area contributed by atoms with Crippen LogP contribution in [0.25, 0.3) is 0 Å². The van der Waals surface area contributed by atoms with Crippen LogP contribution in [-0.2, 0) is 19.1 Å². The summed E-state index contributed by atoms with van der Waals surface area (Å²) in [5, 5.41) is 13.4. The number of ketones is 1. The number of hydrogen-bond donors (Lipinski definition) is 2. The van der Waals surface area contributed by atoms with Gasteiger partial charge in [-0.15, -0.1) is 0 Å². The summed E-state index contributed by atoms with van der Waals surface area (Å²) in [7, 11) is 1.58. The summed E-state index contributed by atoms with van der Waals surface area (Å²) >= 11 is 0. The van der Waals surface area contributed by atoms with Gasteiger partial charge in [0.2, 0.25) is 0 Å². The van der Waals surface area contributed by atoms with Crippen LogP contribution in [0.15, 0.2) is 47.4 Å². The Bertz CT molecular complexity index is 806. The van der Waals surface area contributed by atoms with E-state index in [0.29, 0.717) is 11.3 Å². The molecule has 1 aliphatic heterocycles. The SMILES string of the molecule is COc1ccc(N[C@H]2C=C(C)C(=O)[C@@H]2C2=C(O)OC(C)(C)OC2=O)cc1. The molecule has 7 nitrogen and oxygen atoms in total. The number of carbonyl (C=O) groups is 2. The fourth-order valence-corrected chi connectivity index (χ4v) is 3.11. The van der Waals surface area contributed by atoms with Crippen molar-refractivity contribution < 1.29 is 28.9 Å². The summed E-state index contributed by atoms with van der Waals surface area (Å²) in [6.45, 7) is 4.68. The quantitative estimate of drug-likeness (QED) is 0.798. The summed E-state index contributed by atoms with van der Waals surface area (Å²) in [5.74, 6) is -3.11. The summed E-state index contributed by atoms with van der Waals surface area (Å²) in [6, 6.07) is 6.64. The second-order valence-electron chi connectivity index (χ2n) is 6.70. The third-order valence-corrected chi connectivity index (χ3v) is 4.33. The Morgan fingerprint density at radius 2 is 1.81 bits per heavy atom. The molecule has 26 heavy (non-hydrogen) atoms. The maximum atomic E-state index is 12.6. The van der Waals surface area contributed by atoms with Gasteiger partial charge in [-0.25, -0.2) is 4.79 Å². The van der Waals surface area contributed by atoms with Crippen molar-refractivity contribution in [3.05, 3.63) is 47.4 Å². The molecule has 0 bridgehead atoms. The number of methoxy groups -OCH3 is 1. The van der Waals surface area contributed by atoms with Gasteiger partial charge in [-0.1, -0.05) is 6.08 Å². The molecule has 2 atom stereocenters. The van der Waals surface area contributed by atoms with Crippen LogP contribution in [0.4, 0.5) is 5.69 Å². The van der Waals surface area contributed by atoms with Crippen molar-refractivity contribution in [1.29, 1.82) is 0 Å². The van der Waals surface area contributed by atoms with Gasteiger partial charge in [-0.05, 0) is 36.8 Å². The number of benzene rings is 1. The van der Waals surface area contributed by atoms with E-state index in [1.807, 2.05) is 0 Å². The van der Waals surface area contributed by atoms with E-state index in [1.165, 1.54) is 13.8 Å². The standard InChI is InChI=1S/C19H21NO6/c1-10-9-13(20-11-5-7-12(24-4)8-6-11)14(16(10)21)15-17(22)25-19(2,3)26-18(15)23/h5-9,13-14,20,22H,1-4H3/t13-,14-/m0/s1. The molecule has 1 heterocycles. The fourth-order valence-electron chi connectivity index (χ4n) is 3.11. The van der Waals surface area contributed by atoms with Crippen molar-refractivity contribution in [1.82, 2.24) is 0 Å². The van der Waals surface area contributed by atoms with Gasteiger partial charge in [-0.2, -0.15) is 0 Å². The van der Waals surface area contributed by atoms with Crippen molar-refractivity contribution in [3.63, 3.8) is 0 Å². The number of hydrogen-bond acceptors (Lipinski definition) is 7. The number of esters is 1. The Kier molecular flexibility index (Phi) is 4.39. The minimum atomic E-state index is -1.28. The molecule has 0 saturated heterocycles. The fraction of sp³-hybridized carbons (Fsp3) is 0.368. The van der Waals surface area contributed by atoms with Gasteiger partial charge in [-0.3, -0.25) is 4.79 Å². The largest absolute Gasteiger partial charge is 0.497 e. The van der Waals surface area contributed by atoms with Crippen molar-refractivity contribution in [2.24, 2.45) is 5.92 Å². The summed E-state index contributed by atoms with van der Waals surface area (Å²) in [4.78, 5) is 25.0. The molecular weight excluding hydrogens is 338 g/mol. The highest BCUT2D eigenvalue weighted by Crippen LogP contribution is 2.36. The third kappa shape index (κ3) is 3.24. The molecule has 0 radical (unpaired) electrons. The minimum absolute atomic E-state index is 0.173. The van der Waals surface area contributed by atoms with Gasteiger partial charge in [0, 0.05) is 19.5 Å². The Balaban J connectivity index is 1.91. The Hall–Kier alpha value is -2.96. The zero-order valence-electron chi connectivity index (χ0n) is 15.0. The normalized spacial score (nSPS) is 24.7. The molecule has 3 rings (SSSR count). The van der Waals surface area contributed by atoms with Crippen LogP contribution in [0.2, 0.25) is 0 Å².